The van der Waals surface area contributed by atoms with E-state index in [-0.39, 0.29) is 12.5 Å². The predicted molar refractivity (Wildman–Crippen MR) is 98.4 cm³/mol. The number of carbonyl (C=O) groups excluding carboxylic acids is 1. The molecule has 2 aromatic rings. The van der Waals surface area contributed by atoms with Crippen LogP contribution in [0.1, 0.15) is 37.3 Å². The molecule has 0 aliphatic carbocycles. The molecule has 0 saturated heterocycles. The van der Waals surface area contributed by atoms with Crippen molar-refractivity contribution in [2.75, 3.05) is 6.54 Å². The fourth-order valence-corrected chi connectivity index (χ4v) is 2.97. The maximum Gasteiger partial charge on any atom is 0.315 e. The second kappa shape index (κ2) is 9.02. The molecule has 0 aromatic heterocycles. The number of hydrogen-bond donors (Lipinski definition) is 2. The maximum atomic E-state index is 12.1. The van der Waals surface area contributed by atoms with E-state index in [1.165, 1.54) is 5.56 Å². The Labute approximate surface area is 148 Å². The molecule has 2 N–H and O–H groups in total. The largest absolute Gasteiger partial charge is 0.481 e. The summed E-state index contributed by atoms with van der Waals surface area (Å²) in [5, 5.41) is 12.6. The summed E-state index contributed by atoms with van der Waals surface area (Å²) in [6.07, 6.45) is 2.39. The number of hydrogen-bond acceptors (Lipinski definition) is 2. The van der Waals surface area contributed by atoms with Gasteiger partial charge in [-0.05, 0) is 30.4 Å². The fourth-order valence-electron chi connectivity index (χ4n) is 2.97. The van der Waals surface area contributed by atoms with Gasteiger partial charge in [-0.25, -0.2) is 0 Å². The first-order chi connectivity index (χ1) is 12.1. The van der Waals surface area contributed by atoms with Crippen molar-refractivity contribution < 1.29 is 14.7 Å². The summed E-state index contributed by atoms with van der Waals surface area (Å²) < 4.78 is 0. The molecule has 2 rings (SSSR count). The van der Waals surface area contributed by atoms with Gasteiger partial charge in [-0.1, -0.05) is 67.6 Å². The molecule has 132 valence electrons. The van der Waals surface area contributed by atoms with Crippen LogP contribution in [0.4, 0.5) is 0 Å². The Morgan fingerprint density at radius 3 is 2.16 bits per heavy atom. The van der Waals surface area contributed by atoms with Crippen LogP contribution in [-0.4, -0.2) is 23.5 Å². The number of carbonyl (C=O) groups is 2. The number of carboxylic acids is 1. The monoisotopic (exact) mass is 339 g/mol. The van der Waals surface area contributed by atoms with Gasteiger partial charge in [0.2, 0.25) is 5.91 Å². The van der Waals surface area contributed by atoms with Gasteiger partial charge in [0, 0.05) is 13.0 Å². The van der Waals surface area contributed by atoms with E-state index in [2.05, 4.69) is 5.32 Å². The van der Waals surface area contributed by atoms with Gasteiger partial charge in [0.25, 0.3) is 0 Å². The highest BCUT2D eigenvalue weighted by Crippen LogP contribution is 2.27. The summed E-state index contributed by atoms with van der Waals surface area (Å²) in [4.78, 5) is 24.1. The van der Waals surface area contributed by atoms with E-state index in [9.17, 15) is 14.7 Å². The van der Waals surface area contributed by atoms with E-state index in [1.54, 1.807) is 12.1 Å². The van der Waals surface area contributed by atoms with Crippen molar-refractivity contribution >= 4 is 11.9 Å². The third kappa shape index (κ3) is 4.92. The van der Waals surface area contributed by atoms with Gasteiger partial charge in [0.1, 0.15) is 5.41 Å². The maximum absolute atomic E-state index is 12.1. The zero-order chi connectivity index (χ0) is 18.1. The molecule has 0 fully saturated rings. The molecular weight excluding hydrogens is 314 g/mol. The van der Waals surface area contributed by atoms with E-state index in [0.717, 1.165) is 18.4 Å². The molecule has 1 unspecified atom stereocenters. The molecule has 1 atom stereocenters. The Bertz CT molecular complexity index is 685. The average Bonchev–Trinajstić information content (AvgIpc) is 2.64. The van der Waals surface area contributed by atoms with Crippen LogP contribution in [0.15, 0.2) is 60.7 Å². The molecule has 2 aromatic carbocycles. The minimum Gasteiger partial charge on any atom is -0.481 e. The highest BCUT2D eigenvalue weighted by atomic mass is 16.4. The minimum absolute atomic E-state index is 0.104. The van der Waals surface area contributed by atoms with Crippen molar-refractivity contribution in [1.29, 1.82) is 0 Å². The topological polar surface area (TPSA) is 66.4 Å². The lowest BCUT2D eigenvalue weighted by Gasteiger charge is -2.29. The van der Waals surface area contributed by atoms with Crippen LogP contribution in [0.3, 0.4) is 0 Å². The molecule has 0 radical (unpaired) electrons. The van der Waals surface area contributed by atoms with E-state index in [0.29, 0.717) is 12.8 Å². The van der Waals surface area contributed by atoms with Crippen LogP contribution in [0, 0.1) is 0 Å². The molecular formula is C21H25NO3. The number of carboxylic acid groups (broad SMARTS) is 1. The average molecular weight is 339 g/mol. The van der Waals surface area contributed by atoms with Crippen LogP contribution >= 0.6 is 0 Å². The van der Waals surface area contributed by atoms with Crippen molar-refractivity contribution in [3.05, 3.63) is 71.8 Å². The van der Waals surface area contributed by atoms with Crippen LogP contribution in [0.5, 0.6) is 0 Å². The Morgan fingerprint density at radius 1 is 1.00 bits per heavy atom. The quantitative estimate of drug-likeness (QED) is 0.734. The molecule has 25 heavy (non-hydrogen) atoms. The van der Waals surface area contributed by atoms with Crippen molar-refractivity contribution in [2.45, 2.75) is 38.0 Å². The summed E-state index contributed by atoms with van der Waals surface area (Å²) in [5.41, 5.74) is 0.832. The highest BCUT2D eigenvalue weighted by molar-refractivity contribution is 5.83. The Morgan fingerprint density at radius 2 is 1.60 bits per heavy atom. The van der Waals surface area contributed by atoms with Gasteiger partial charge < -0.3 is 10.4 Å². The van der Waals surface area contributed by atoms with E-state index in [4.69, 9.17) is 0 Å². The summed E-state index contributed by atoms with van der Waals surface area (Å²) in [6, 6.07) is 19.1. The standard InChI is InChI=1S/C21H25NO3/c1-2-21(20(24)25,18-13-7-4-8-14-18)16-22-19(23)15-9-12-17-10-5-3-6-11-17/h3-8,10-11,13-14H,2,9,12,15-16H2,1H3,(H,22,23)(H,24,25). The lowest BCUT2D eigenvalue weighted by molar-refractivity contribution is -0.144. The van der Waals surface area contributed by atoms with Crippen molar-refractivity contribution in [3.63, 3.8) is 0 Å². The van der Waals surface area contributed by atoms with E-state index < -0.39 is 11.4 Å². The second-order valence-electron chi connectivity index (χ2n) is 6.22. The third-order valence-electron chi connectivity index (χ3n) is 4.64. The van der Waals surface area contributed by atoms with Gasteiger partial charge in [0.15, 0.2) is 0 Å². The molecule has 0 aliphatic heterocycles. The number of rotatable bonds is 9. The first-order valence-corrected chi connectivity index (χ1v) is 8.68. The third-order valence-corrected chi connectivity index (χ3v) is 4.64. The molecule has 0 heterocycles. The molecule has 4 heteroatoms. The molecule has 1 amide bonds. The Balaban J connectivity index is 1.92. The van der Waals surface area contributed by atoms with E-state index in [1.807, 2.05) is 55.5 Å². The smallest absolute Gasteiger partial charge is 0.315 e. The SMILES string of the molecule is CCC(CNC(=O)CCCc1ccccc1)(C(=O)O)c1ccccc1. The van der Waals surface area contributed by atoms with Crippen LogP contribution in [0.2, 0.25) is 0 Å². The Hall–Kier alpha value is -2.62. The minimum atomic E-state index is -1.09. The van der Waals surface area contributed by atoms with Crippen molar-refractivity contribution in [1.82, 2.24) is 5.32 Å². The zero-order valence-electron chi connectivity index (χ0n) is 14.6. The van der Waals surface area contributed by atoms with Crippen LogP contribution in [-0.2, 0) is 21.4 Å². The normalized spacial score (nSPS) is 13.0. The van der Waals surface area contributed by atoms with Crippen LogP contribution < -0.4 is 5.32 Å². The fraction of sp³-hybridized carbons (Fsp3) is 0.333. The first kappa shape index (κ1) is 18.7. The van der Waals surface area contributed by atoms with Gasteiger partial charge >= 0.3 is 5.97 Å². The highest BCUT2D eigenvalue weighted by Gasteiger charge is 2.38. The van der Waals surface area contributed by atoms with Gasteiger partial charge in [-0.3, -0.25) is 9.59 Å². The van der Waals surface area contributed by atoms with E-state index >= 15 is 0 Å². The zero-order valence-corrected chi connectivity index (χ0v) is 14.6. The van der Waals surface area contributed by atoms with Crippen LogP contribution in [0.25, 0.3) is 0 Å². The van der Waals surface area contributed by atoms with Gasteiger partial charge in [0.05, 0.1) is 0 Å². The van der Waals surface area contributed by atoms with Crippen molar-refractivity contribution in [2.24, 2.45) is 0 Å². The number of amides is 1. The predicted octanol–water partition coefficient (Wildman–Crippen LogP) is 3.56. The summed E-state index contributed by atoms with van der Waals surface area (Å²) in [6.45, 7) is 1.94. The van der Waals surface area contributed by atoms with Gasteiger partial charge in [-0.2, -0.15) is 0 Å². The lowest BCUT2D eigenvalue weighted by Crippen LogP contribution is -2.46. The molecule has 0 bridgehead atoms. The summed E-state index contributed by atoms with van der Waals surface area (Å²) in [5.74, 6) is -1.02. The van der Waals surface area contributed by atoms with Gasteiger partial charge in [-0.15, -0.1) is 0 Å². The summed E-state index contributed by atoms with van der Waals surface area (Å²) in [7, 11) is 0. The molecule has 0 saturated carbocycles. The number of benzene rings is 2. The second-order valence-corrected chi connectivity index (χ2v) is 6.22. The Kier molecular flexibility index (Phi) is 6.75. The first-order valence-electron chi connectivity index (χ1n) is 8.68. The number of aliphatic carboxylic acids is 1. The number of aryl methyl sites for hydroxylation is 1. The lowest BCUT2D eigenvalue weighted by atomic mass is 9.78. The van der Waals surface area contributed by atoms with Crippen molar-refractivity contribution in [3.8, 4) is 0 Å². The molecule has 4 nitrogen and oxygen atoms in total. The number of nitrogens with one attached hydrogen (secondary N) is 1. The molecule has 0 spiro atoms. The summed E-state index contributed by atoms with van der Waals surface area (Å²) >= 11 is 0. The molecule has 0 aliphatic rings.